The maximum absolute atomic E-state index is 11.8. The number of hydrogen-bond donors (Lipinski definition) is 1. The third-order valence-corrected chi connectivity index (χ3v) is 3.36. The molecule has 0 radical (unpaired) electrons. The van der Waals surface area contributed by atoms with E-state index in [1.165, 1.54) is 0 Å². The van der Waals surface area contributed by atoms with Gasteiger partial charge in [-0.3, -0.25) is 4.79 Å². The van der Waals surface area contributed by atoms with E-state index in [0.717, 1.165) is 4.47 Å². The van der Waals surface area contributed by atoms with Crippen LogP contribution in [0.1, 0.15) is 16.2 Å². The smallest absolute Gasteiger partial charge is 0.170 e. The number of H-pyrrole nitrogens is 1. The van der Waals surface area contributed by atoms with E-state index in [4.69, 9.17) is 11.6 Å². The first-order valence-corrected chi connectivity index (χ1v) is 5.80. The van der Waals surface area contributed by atoms with Gasteiger partial charge in [-0.05, 0) is 28.1 Å². The fraction of sp³-hybridized carbons (Fsp3) is 0.0909. The molecule has 0 amide bonds. The van der Waals surface area contributed by atoms with Gasteiger partial charge in [-0.2, -0.15) is 0 Å². The Morgan fingerprint density at radius 2 is 2.31 bits per heavy atom. The molecule has 1 aromatic heterocycles. The highest BCUT2D eigenvalue weighted by atomic mass is 79.9. The first-order valence-electron chi connectivity index (χ1n) is 4.63. The van der Waals surface area contributed by atoms with Crippen LogP contribution in [0, 0.1) is 0 Å². The number of imidazole rings is 1. The van der Waals surface area contributed by atoms with Gasteiger partial charge in [-0.25, -0.2) is 4.98 Å². The monoisotopic (exact) mass is 298 g/mol. The van der Waals surface area contributed by atoms with Crippen LogP contribution < -0.4 is 0 Å². The van der Waals surface area contributed by atoms with Gasteiger partial charge in [0.2, 0.25) is 0 Å². The van der Waals surface area contributed by atoms with Crippen LogP contribution >= 0.6 is 27.5 Å². The van der Waals surface area contributed by atoms with Gasteiger partial charge in [-0.15, -0.1) is 0 Å². The second-order valence-corrected chi connectivity index (χ2v) is 4.53. The van der Waals surface area contributed by atoms with E-state index in [-0.39, 0.29) is 12.2 Å². The van der Waals surface area contributed by atoms with E-state index >= 15 is 0 Å². The third-order valence-electron chi connectivity index (χ3n) is 2.12. The van der Waals surface area contributed by atoms with Gasteiger partial charge in [0.15, 0.2) is 5.78 Å². The van der Waals surface area contributed by atoms with Gasteiger partial charge < -0.3 is 4.98 Å². The molecule has 2 aromatic rings. The summed E-state index contributed by atoms with van der Waals surface area (Å²) in [6.07, 6.45) is 3.57. The number of aromatic nitrogens is 2. The average molecular weight is 300 g/mol. The molecule has 82 valence electrons. The average Bonchev–Trinajstić information content (AvgIpc) is 2.74. The van der Waals surface area contributed by atoms with Crippen molar-refractivity contribution in [2.75, 3.05) is 0 Å². The summed E-state index contributed by atoms with van der Waals surface area (Å²) >= 11 is 9.19. The fourth-order valence-corrected chi connectivity index (χ4v) is 1.75. The number of carbonyl (C=O) groups excluding carboxylic acids is 1. The molecule has 0 aliphatic carbocycles. The molecule has 0 unspecified atom stereocenters. The van der Waals surface area contributed by atoms with Crippen molar-refractivity contribution in [3.05, 3.63) is 51.5 Å². The highest BCUT2D eigenvalue weighted by molar-refractivity contribution is 9.10. The van der Waals surface area contributed by atoms with Gasteiger partial charge in [0, 0.05) is 22.4 Å². The molecule has 0 spiro atoms. The number of benzene rings is 1. The molecule has 0 bridgehead atoms. The van der Waals surface area contributed by atoms with Gasteiger partial charge in [0.1, 0.15) is 5.82 Å². The van der Waals surface area contributed by atoms with Crippen LogP contribution in [-0.4, -0.2) is 15.8 Å². The van der Waals surface area contributed by atoms with Crippen molar-refractivity contribution in [2.45, 2.75) is 6.42 Å². The Labute approximate surface area is 106 Å². The van der Waals surface area contributed by atoms with Crippen molar-refractivity contribution < 1.29 is 4.79 Å². The molecule has 2 rings (SSSR count). The largest absolute Gasteiger partial charge is 0.348 e. The Morgan fingerprint density at radius 1 is 1.50 bits per heavy atom. The van der Waals surface area contributed by atoms with Crippen molar-refractivity contribution >= 4 is 33.3 Å². The number of aromatic amines is 1. The van der Waals surface area contributed by atoms with Crippen molar-refractivity contribution in [1.82, 2.24) is 9.97 Å². The zero-order valence-electron chi connectivity index (χ0n) is 8.21. The Balaban J connectivity index is 2.18. The van der Waals surface area contributed by atoms with Gasteiger partial charge in [0.25, 0.3) is 0 Å². The van der Waals surface area contributed by atoms with Gasteiger partial charge in [0.05, 0.1) is 11.4 Å². The SMILES string of the molecule is O=C(Cc1ncc[nH]1)c1ccc(Br)c(Cl)c1. The van der Waals surface area contributed by atoms with Crippen LogP contribution in [0.3, 0.4) is 0 Å². The summed E-state index contributed by atoms with van der Waals surface area (Å²) in [6, 6.07) is 5.15. The molecule has 5 heteroatoms. The first kappa shape index (κ1) is 11.4. The van der Waals surface area contributed by atoms with E-state index < -0.39 is 0 Å². The molecule has 1 aromatic carbocycles. The lowest BCUT2D eigenvalue weighted by Gasteiger charge is -2.01. The minimum atomic E-state index is -0.00986. The predicted molar refractivity (Wildman–Crippen MR) is 65.8 cm³/mol. The van der Waals surface area contributed by atoms with Crippen LogP contribution in [0.25, 0.3) is 0 Å². The standard InChI is InChI=1S/C11H8BrClN2O/c12-8-2-1-7(5-9(8)13)10(16)6-11-14-3-4-15-11/h1-5H,6H2,(H,14,15). The lowest BCUT2D eigenvalue weighted by Crippen LogP contribution is -2.04. The second kappa shape index (κ2) is 4.80. The number of Topliss-reactive ketones (excluding diaryl/α,β-unsaturated/α-hetero) is 1. The third kappa shape index (κ3) is 2.51. The van der Waals surface area contributed by atoms with Gasteiger partial charge >= 0.3 is 0 Å². The van der Waals surface area contributed by atoms with Crippen LogP contribution in [0.4, 0.5) is 0 Å². The minimum Gasteiger partial charge on any atom is -0.348 e. The fourth-order valence-electron chi connectivity index (χ4n) is 1.32. The maximum Gasteiger partial charge on any atom is 0.170 e. The van der Waals surface area contributed by atoms with E-state index in [1.54, 1.807) is 30.6 Å². The summed E-state index contributed by atoms with van der Waals surface area (Å²) in [4.78, 5) is 18.7. The van der Waals surface area contributed by atoms with Crippen LogP contribution in [0.5, 0.6) is 0 Å². The van der Waals surface area contributed by atoms with Crippen LogP contribution in [-0.2, 0) is 6.42 Å². The summed E-state index contributed by atoms with van der Waals surface area (Å²) < 4.78 is 0.781. The summed E-state index contributed by atoms with van der Waals surface area (Å²) in [5, 5.41) is 0.533. The summed E-state index contributed by atoms with van der Waals surface area (Å²) in [7, 11) is 0. The van der Waals surface area contributed by atoms with Crippen molar-refractivity contribution in [2.24, 2.45) is 0 Å². The Bertz CT molecular complexity index is 511. The number of ketones is 1. The Morgan fingerprint density at radius 3 is 2.94 bits per heavy atom. The van der Waals surface area contributed by atoms with E-state index in [0.29, 0.717) is 16.4 Å². The number of hydrogen-bond acceptors (Lipinski definition) is 2. The van der Waals surface area contributed by atoms with Crippen molar-refractivity contribution in [3.63, 3.8) is 0 Å². The van der Waals surface area contributed by atoms with Crippen molar-refractivity contribution in [3.8, 4) is 0 Å². The molecule has 0 aliphatic rings. The molecule has 0 aliphatic heterocycles. The number of nitrogens with one attached hydrogen (secondary N) is 1. The molecular weight excluding hydrogens is 291 g/mol. The number of rotatable bonds is 3. The molecule has 3 nitrogen and oxygen atoms in total. The zero-order chi connectivity index (χ0) is 11.5. The highest BCUT2D eigenvalue weighted by Crippen LogP contribution is 2.23. The highest BCUT2D eigenvalue weighted by Gasteiger charge is 2.09. The summed E-state index contributed by atoms with van der Waals surface area (Å²) in [5.41, 5.74) is 0.588. The predicted octanol–water partition coefficient (Wildman–Crippen LogP) is 3.25. The van der Waals surface area contributed by atoms with Crippen LogP contribution in [0.2, 0.25) is 5.02 Å². The maximum atomic E-state index is 11.8. The van der Waals surface area contributed by atoms with E-state index in [9.17, 15) is 4.79 Å². The molecule has 1 N–H and O–H groups in total. The van der Waals surface area contributed by atoms with E-state index in [1.807, 2.05) is 0 Å². The summed E-state index contributed by atoms with van der Waals surface area (Å²) in [6.45, 7) is 0. The molecule has 0 fully saturated rings. The summed E-state index contributed by atoms with van der Waals surface area (Å²) in [5.74, 6) is 0.647. The normalized spacial score (nSPS) is 10.4. The molecule has 1 heterocycles. The van der Waals surface area contributed by atoms with Gasteiger partial charge in [-0.1, -0.05) is 17.7 Å². The molecule has 0 saturated heterocycles. The lowest BCUT2D eigenvalue weighted by molar-refractivity contribution is 0.0991. The Kier molecular flexibility index (Phi) is 3.41. The molecule has 0 atom stereocenters. The molecule has 0 saturated carbocycles. The zero-order valence-corrected chi connectivity index (χ0v) is 10.5. The lowest BCUT2D eigenvalue weighted by atomic mass is 10.1. The number of halogens is 2. The minimum absolute atomic E-state index is 0.00986. The number of nitrogens with zero attached hydrogens (tertiary/aromatic N) is 1. The number of carbonyl (C=O) groups is 1. The Hall–Kier alpha value is -1.13. The second-order valence-electron chi connectivity index (χ2n) is 3.26. The topological polar surface area (TPSA) is 45.8 Å². The quantitative estimate of drug-likeness (QED) is 0.884. The van der Waals surface area contributed by atoms with Crippen molar-refractivity contribution in [1.29, 1.82) is 0 Å². The van der Waals surface area contributed by atoms with E-state index in [2.05, 4.69) is 25.9 Å². The molecular formula is C11H8BrClN2O. The first-order chi connectivity index (χ1) is 7.66. The van der Waals surface area contributed by atoms with Crippen LogP contribution in [0.15, 0.2) is 35.1 Å². The molecule has 16 heavy (non-hydrogen) atoms.